The largest absolute Gasteiger partial charge is 0.491 e. The van der Waals surface area contributed by atoms with E-state index in [1.54, 1.807) is 0 Å². The lowest BCUT2D eigenvalue weighted by Crippen LogP contribution is -2.27. The lowest BCUT2D eigenvalue weighted by Gasteiger charge is -2.21. The molecule has 4 N–H and O–H groups in total. The number of nitrogens with one attached hydrogen (secondary N) is 2. The van der Waals surface area contributed by atoms with Gasteiger partial charge in [0.05, 0.1) is 0 Å². The van der Waals surface area contributed by atoms with Gasteiger partial charge in [-0.3, -0.25) is 0 Å². The first-order valence-electron chi connectivity index (χ1n) is 20.0. The molecule has 0 aromatic heterocycles. The van der Waals surface area contributed by atoms with E-state index in [1.807, 2.05) is 24.3 Å². The van der Waals surface area contributed by atoms with Gasteiger partial charge >= 0.3 is 0 Å². The first-order chi connectivity index (χ1) is 26.4. The second-order valence-electron chi connectivity index (χ2n) is 16.1. The molecule has 0 aliphatic carbocycles. The molecule has 2 atom stereocenters. The van der Waals surface area contributed by atoms with E-state index in [9.17, 15) is 10.2 Å². The third-order valence-corrected chi connectivity index (χ3v) is 10.1. The number of hydrogen-bond donors (Lipinski definition) is 4. The molecular weight excluding hydrogens is 681 g/mol. The lowest BCUT2D eigenvalue weighted by molar-refractivity contribution is 0.117. The van der Waals surface area contributed by atoms with Gasteiger partial charge in [0, 0.05) is 24.5 Å². The molecular formula is C49H62N2O4. The zero-order chi connectivity index (χ0) is 39.4. The van der Waals surface area contributed by atoms with Crippen LogP contribution in [0.15, 0.2) is 109 Å². The van der Waals surface area contributed by atoms with Crippen LogP contribution in [0, 0.1) is 0 Å². The molecule has 0 amide bonds. The number of ether oxygens (including phenoxy) is 2. The van der Waals surface area contributed by atoms with Gasteiger partial charge in [-0.1, -0.05) is 127 Å². The standard InChI is InChI=1S/C49H62N2O4/c1-8-39-28-40(9-2)48(51-31-44(53)33-55-46-21-13-17-38(27-46)23-36-15-11-19-42(25-36)49(5,6)7)29-47(39)50-30-43(52)32-54-45-20-12-16-37(26-45)22-35-14-10-18-41(24-35)34(3)4/h10-21,24-29,34,43-44,50-53H,8-9,22-23,30-33H2,1-7H3. The number of hydrogen-bond acceptors (Lipinski definition) is 6. The maximum absolute atomic E-state index is 10.9. The number of aryl methyl sites for hydroxylation is 2. The second kappa shape index (κ2) is 19.7. The van der Waals surface area contributed by atoms with Crippen LogP contribution in [0.5, 0.6) is 11.5 Å². The number of aliphatic hydroxyl groups is 2. The van der Waals surface area contributed by atoms with Crippen molar-refractivity contribution in [1.82, 2.24) is 0 Å². The molecule has 0 heterocycles. The molecule has 2 unspecified atom stereocenters. The van der Waals surface area contributed by atoms with E-state index in [0.29, 0.717) is 19.0 Å². The van der Waals surface area contributed by atoms with E-state index in [-0.39, 0.29) is 18.6 Å². The SMILES string of the molecule is CCc1cc(CC)c(NCC(O)COc2cccc(Cc3cccc(C(C)(C)C)c3)c2)cc1NCC(O)COc1cccc(Cc2cccc(C(C)C)c2)c1. The van der Waals surface area contributed by atoms with Crippen molar-refractivity contribution in [2.24, 2.45) is 0 Å². The van der Waals surface area contributed by atoms with Crippen molar-refractivity contribution in [3.63, 3.8) is 0 Å². The third-order valence-electron chi connectivity index (χ3n) is 10.1. The maximum atomic E-state index is 10.9. The van der Waals surface area contributed by atoms with E-state index in [4.69, 9.17) is 9.47 Å². The molecule has 6 heteroatoms. The Morgan fingerprint density at radius 3 is 1.49 bits per heavy atom. The Hall–Kier alpha value is -4.78. The minimum Gasteiger partial charge on any atom is -0.491 e. The minimum absolute atomic E-state index is 0.104. The highest BCUT2D eigenvalue weighted by atomic mass is 16.5. The van der Waals surface area contributed by atoms with Crippen LogP contribution < -0.4 is 20.1 Å². The molecule has 55 heavy (non-hydrogen) atoms. The highest BCUT2D eigenvalue weighted by Crippen LogP contribution is 2.28. The molecule has 5 aromatic carbocycles. The summed E-state index contributed by atoms with van der Waals surface area (Å²) in [5.41, 5.74) is 11.9. The van der Waals surface area contributed by atoms with E-state index < -0.39 is 12.2 Å². The summed E-state index contributed by atoms with van der Waals surface area (Å²) in [4.78, 5) is 0. The molecule has 5 rings (SSSR count). The van der Waals surface area contributed by atoms with E-state index in [0.717, 1.165) is 48.6 Å². The van der Waals surface area contributed by atoms with Gasteiger partial charge in [-0.15, -0.1) is 0 Å². The van der Waals surface area contributed by atoms with E-state index >= 15 is 0 Å². The van der Waals surface area contributed by atoms with Crippen LogP contribution in [0.1, 0.15) is 98.9 Å². The normalized spacial score (nSPS) is 12.7. The van der Waals surface area contributed by atoms with Gasteiger partial charge in [-0.05, 0) is 112 Å². The molecule has 292 valence electrons. The van der Waals surface area contributed by atoms with Gasteiger partial charge in [0.2, 0.25) is 0 Å². The van der Waals surface area contributed by atoms with E-state index in [1.165, 1.54) is 44.5 Å². The summed E-state index contributed by atoms with van der Waals surface area (Å²) in [6.07, 6.45) is 1.95. The van der Waals surface area contributed by atoms with Crippen LogP contribution in [0.2, 0.25) is 0 Å². The molecule has 0 spiro atoms. The van der Waals surface area contributed by atoms with E-state index in [2.05, 4.69) is 144 Å². The number of rotatable bonds is 19. The lowest BCUT2D eigenvalue weighted by atomic mass is 9.85. The van der Waals surface area contributed by atoms with Gasteiger partial charge in [0.15, 0.2) is 0 Å². The van der Waals surface area contributed by atoms with Crippen molar-refractivity contribution in [1.29, 1.82) is 0 Å². The van der Waals surface area contributed by atoms with Crippen LogP contribution >= 0.6 is 0 Å². The predicted molar refractivity (Wildman–Crippen MR) is 229 cm³/mol. The molecule has 0 aliphatic rings. The summed E-state index contributed by atoms with van der Waals surface area (Å²) in [6, 6.07) is 38.1. The average molecular weight is 743 g/mol. The number of benzene rings is 5. The Kier molecular flexibility index (Phi) is 14.8. The fraction of sp³-hybridized carbons (Fsp3) is 0.388. The quantitative estimate of drug-likeness (QED) is 0.0675. The Balaban J connectivity index is 1.11. The molecule has 0 radical (unpaired) electrons. The molecule has 6 nitrogen and oxygen atoms in total. The number of anilines is 2. The Morgan fingerprint density at radius 2 is 1.02 bits per heavy atom. The Labute approximate surface area is 330 Å². The highest BCUT2D eigenvalue weighted by molar-refractivity contribution is 5.66. The van der Waals surface area contributed by atoms with Crippen LogP contribution in [-0.2, 0) is 31.1 Å². The smallest absolute Gasteiger partial charge is 0.119 e. The van der Waals surface area contributed by atoms with Crippen LogP contribution in [0.3, 0.4) is 0 Å². The summed E-state index contributed by atoms with van der Waals surface area (Å²) in [6.45, 7) is 16.5. The molecule has 5 aromatic rings. The van der Waals surface area contributed by atoms with Crippen LogP contribution in [0.25, 0.3) is 0 Å². The zero-order valence-electron chi connectivity index (χ0n) is 34.0. The third kappa shape index (κ3) is 12.6. The average Bonchev–Trinajstić information content (AvgIpc) is 3.17. The van der Waals surface area contributed by atoms with Crippen molar-refractivity contribution in [2.75, 3.05) is 36.9 Å². The molecule has 0 fully saturated rings. The van der Waals surface area contributed by atoms with Crippen molar-refractivity contribution in [3.8, 4) is 11.5 Å². The summed E-state index contributed by atoms with van der Waals surface area (Å²) in [7, 11) is 0. The van der Waals surface area contributed by atoms with Crippen molar-refractivity contribution < 1.29 is 19.7 Å². The summed E-state index contributed by atoms with van der Waals surface area (Å²) in [5.74, 6) is 1.99. The summed E-state index contributed by atoms with van der Waals surface area (Å²) < 4.78 is 12.1. The van der Waals surface area contributed by atoms with Gasteiger partial charge in [-0.25, -0.2) is 0 Å². The van der Waals surface area contributed by atoms with Crippen LogP contribution in [0.4, 0.5) is 11.4 Å². The van der Waals surface area contributed by atoms with Crippen molar-refractivity contribution in [2.45, 2.75) is 97.7 Å². The molecule has 0 aliphatic heterocycles. The first-order valence-corrected chi connectivity index (χ1v) is 20.0. The zero-order valence-corrected chi connectivity index (χ0v) is 34.0. The topological polar surface area (TPSA) is 83.0 Å². The minimum atomic E-state index is -0.707. The van der Waals surface area contributed by atoms with Gasteiger partial charge in [0.1, 0.15) is 36.9 Å². The maximum Gasteiger partial charge on any atom is 0.119 e. The van der Waals surface area contributed by atoms with Crippen molar-refractivity contribution >= 4 is 11.4 Å². The fourth-order valence-corrected chi connectivity index (χ4v) is 6.74. The summed E-state index contributed by atoms with van der Waals surface area (Å²) >= 11 is 0. The Morgan fingerprint density at radius 1 is 0.564 bits per heavy atom. The second-order valence-corrected chi connectivity index (χ2v) is 16.1. The van der Waals surface area contributed by atoms with Crippen LogP contribution in [-0.4, -0.2) is 48.7 Å². The summed E-state index contributed by atoms with van der Waals surface area (Å²) in [5, 5.41) is 28.7. The first kappa shape index (κ1) is 41.4. The van der Waals surface area contributed by atoms with Gasteiger partial charge in [0.25, 0.3) is 0 Å². The van der Waals surface area contributed by atoms with Gasteiger partial charge < -0.3 is 30.3 Å². The molecule has 0 saturated carbocycles. The monoisotopic (exact) mass is 742 g/mol. The Bertz CT molecular complexity index is 1960. The predicted octanol–water partition coefficient (Wildman–Crippen LogP) is 10.1. The molecule has 0 bridgehead atoms. The highest BCUT2D eigenvalue weighted by Gasteiger charge is 2.15. The molecule has 0 saturated heterocycles. The van der Waals surface area contributed by atoms with Crippen molar-refractivity contribution in [3.05, 3.63) is 154 Å². The van der Waals surface area contributed by atoms with Gasteiger partial charge in [-0.2, -0.15) is 0 Å². The number of aliphatic hydroxyl groups excluding tert-OH is 2. The fourth-order valence-electron chi connectivity index (χ4n) is 6.74.